The highest BCUT2D eigenvalue weighted by molar-refractivity contribution is 7.88. The Morgan fingerprint density at radius 2 is 1.86 bits per heavy atom. The van der Waals surface area contributed by atoms with Crippen molar-refractivity contribution in [3.8, 4) is 0 Å². The Bertz CT molecular complexity index is 237. The van der Waals surface area contributed by atoms with Gasteiger partial charge in [-0.1, -0.05) is 13.3 Å². The van der Waals surface area contributed by atoms with Gasteiger partial charge in [0, 0.05) is 12.6 Å². The lowest BCUT2D eigenvalue weighted by atomic mass is 10.1. The van der Waals surface area contributed by atoms with Gasteiger partial charge in [-0.2, -0.15) is 0 Å². The molecule has 5 heteroatoms. The molecule has 0 saturated carbocycles. The molecule has 86 valence electrons. The molecule has 0 aromatic heterocycles. The van der Waals surface area contributed by atoms with E-state index in [9.17, 15) is 8.42 Å². The van der Waals surface area contributed by atoms with Crippen LogP contribution in [0.2, 0.25) is 0 Å². The Kier molecular flexibility index (Phi) is 6.31. The number of sulfonamides is 1. The Morgan fingerprint density at radius 1 is 1.29 bits per heavy atom. The zero-order chi connectivity index (χ0) is 11.2. The second-order valence-electron chi connectivity index (χ2n) is 3.86. The summed E-state index contributed by atoms with van der Waals surface area (Å²) >= 11 is 0. The lowest BCUT2D eigenvalue weighted by molar-refractivity contribution is 0.263. The molecule has 1 N–H and O–H groups in total. The number of nitrogens with one attached hydrogen (secondary N) is 1. The summed E-state index contributed by atoms with van der Waals surface area (Å²) in [7, 11) is 1.03. The third-order valence-corrected chi connectivity index (χ3v) is 2.92. The predicted molar refractivity (Wildman–Crippen MR) is 59.8 cm³/mol. The van der Waals surface area contributed by atoms with E-state index >= 15 is 0 Å². The molecule has 0 saturated heterocycles. The molecule has 0 aliphatic heterocycles. The lowest BCUT2D eigenvalue weighted by Gasteiger charge is -2.23. The molecule has 0 heterocycles. The smallest absolute Gasteiger partial charge is 0.208 e. The first-order chi connectivity index (χ1) is 6.37. The van der Waals surface area contributed by atoms with Crippen LogP contribution in [0.3, 0.4) is 0 Å². The van der Waals surface area contributed by atoms with Crippen molar-refractivity contribution in [2.45, 2.75) is 32.2 Å². The Balaban J connectivity index is 3.83. The fourth-order valence-electron chi connectivity index (χ4n) is 1.40. The third kappa shape index (κ3) is 7.29. The topological polar surface area (TPSA) is 49.4 Å². The number of rotatable bonds is 7. The average Bonchev–Trinajstić information content (AvgIpc) is 2.00. The van der Waals surface area contributed by atoms with Crippen LogP contribution in [0.5, 0.6) is 0 Å². The van der Waals surface area contributed by atoms with Crippen LogP contribution >= 0.6 is 0 Å². The summed E-state index contributed by atoms with van der Waals surface area (Å²) in [4.78, 5) is 2.15. The minimum absolute atomic E-state index is 0.467. The lowest BCUT2D eigenvalue weighted by Crippen LogP contribution is -2.33. The molecule has 0 spiro atoms. The number of hydrogen-bond acceptors (Lipinski definition) is 3. The van der Waals surface area contributed by atoms with E-state index in [0.29, 0.717) is 12.6 Å². The molecule has 0 radical (unpaired) electrons. The highest BCUT2D eigenvalue weighted by atomic mass is 32.2. The Labute approximate surface area is 87.7 Å². The van der Waals surface area contributed by atoms with Crippen LogP contribution in [-0.4, -0.2) is 46.3 Å². The van der Waals surface area contributed by atoms with Crippen LogP contribution < -0.4 is 4.72 Å². The molecule has 0 aromatic rings. The molecule has 1 atom stereocenters. The van der Waals surface area contributed by atoms with E-state index < -0.39 is 10.0 Å². The molecule has 4 nitrogen and oxygen atoms in total. The zero-order valence-electron chi connectivity index (χ0n) is 9.58. The van der Waals surface area contributed by atoms with E-state index in [1.165, 1.54) is 6.26 Å². The van der Waals surface area contributed by atoms with Crippen molar-refractivity contribution in [3.63, 3.8) is 0 Å². The van der Waals surface area contributed by atoms with Gasteiger partial charge in [-0.25, -0.2) is 13.1 Å². The van der Waals surface area contributed by atoms with Gasteiger partial charge in [0.25, 0.3) is 0 Å². The van der Waals surface area contributed by atoms with Crippen molar-refractivity contribution in [2.75, 3.05) is 26.9 Å². The van der Waals surface area contributed by atoms with Crippen molar-refractivity contribution in [1.82, 2.24) is 9.62 Å². The van der Waals surface area contributed by atoms with Crippen LogP contribution in [-0.2, 0) is 10.0 Å². The monoisotopic (exact) mass is 222 g/mol. The van der Waals surface area contributed by atoms with Crippen molar-refractivity contribution >= 4 is 10.0 Å². The first-order valence-corrected chi connectivity index (χ1v) is 6.87. The molecule has 0 rings (SSSR count). The normalized spacial score (nSPS) is 14.6. The van der Waals surface area contributed by atoms with Gasteiger partial charge in [0.15, 0.2) is 0 Å². The van der Waals surface area contributed by atoms with E-state index in [2.05, 4.69) is 16.5 Å². The molecular weight excluding hydrogens is 200 g/mol. The highest BCUT2D eigenvalue weighted by Crippen LogP contribution is 2.06. The molecule has 1 unspecified atom stereocenters. The van der Waals surface area contributed by atoms with E-state index in [1.807, 2.05) is 14.1 Å². The average molecular weight is 222 g/mol. The molecule has 0 aliphatic rings. The van der Waals surface area contributed by atoms with Gasteiger partial charge < -0.3 is 4.90 Å². The molecule has 0 amide bonds. The second-order valence-corrected chi connectivity index (χ2v) is 5.69. The number of hydrogen-bond donors (Lipinski definition) is 1. The fourth-order valence-corrected chi connectivity index (χ4v) is 1.89. The Hall–Kier alpha value is -0.130. The van der Waals surface area contributed by atoms with E-state index in [1.54, 1.807) is 0 Å². The number of nitrogens with zero attached hydrogens (tertiary/aromatic N) is 1. The highest BCUT2D eigenvalue weighted by Gasteiger charge is 2.10. The van der Waals surface area contributed by atoms with Crippen LogP contribution in [0.25, 0.3) is 0 Å². The van der Waals surface area contributed by atoms with Gasteiger partial charge >= 0.3 is 0 Å². The van der Waals surface area contributed by atoms with Gasteiger partial charge in [0.2, 0.25) is 10.0 Å². The molecule has 0 aromatic carbocycles. The minimum atomic E-state index is -3.03. The van der Waals surface area contributed by atoms with Crippen LogP contribution in [0.1, 0.15) is 26.2 Å². The van der Waals surface area contributed by atoms with Crippen molar-refractivity contribution < 1.29 is 8.42 Å². The van der Waals surface area contributed by atoms with Gasteiger partial charge in [-0.15, -0.1) is 0 Å². The quantitative estimate of drug-likeness (QED) is 0.688. The van der Waals surface area contributed by atoms with E-state index in [4.69, 9.17) is 0 Å². The SMILES string of the molecule is CCCC(CCNS(C)(=O)=O)N(C)C. The van der Waals surface area contributed by atoms with E-state index in [0.717, 1.165) is 19.3 Å². The summed E-state index contributed by atoms with van der Waals surface area (Å²) in [5.74, 6) is 0. The van der Waals surface area contributed by atoms with E-state index in [-0.39, 0.29) is 0 Å². The Morgan fingerprint density at radius 3 is 2.21 bits per heavy atom. The first-order valence-electron chi connectivity index (χ1n) is 4.98. The van der Waals surface area contributed by atoms with Crippen LogP contribution in [0, 0.1) is 0 Å². The predicted octanol–water partition coefficient (Wildman–Crippen LogP) is 0.656. The van der Waals surface area contributed by atoms with Gasteiger partial charge in [0.05, 0.1) is 6.26 Å². The maximum absolute atomic E-state index is 10.8. The van der Waals surface area contributed by atoms with Crippen molar-refractivity contribution in [1.29, 1.82) is 0 Å². The second kappa shape index (κ2) is 6.37. The van der Waals surface area contributed by atoms with Crippen LogP contribution in [0.15, 0.2) is 0 Å². The summed E-state index contributed by atoms with van der Waals surface area (Å²) in [5, 5.41) is 0. The van der Waals surface area contributed by atoms with Crippen LogP contribution in [0.4, 0.5) is 0 Å². The van der Waals surface area contributed by atoms with Gasteiger partial charge in [0.1, 0.15) is 0 Å². The first kappa shape index (κ1) is 13.9. The summed E-state index contributed by atoms with van der Waals surface area (Å²) in [6.45, 7) is 2.67. The summed E-state index contributed by atoms with van der Waals surface area (Å²) in [6, 6.07) is 0.467. The summed E-state index contributed by atoms with van der Waals surface area (Å²) in [5.41, 5.74) is 0. The molecule has 0 bridgehead atoms. The summed E-state index contributed by atoms with van der Waals surface area (Å²) in [6.07, 6.45) is 4.30. The maximum Gasteiger partial charge on any atom is 0.208 e. The third-order valence-electron chi connectivity index (χ3n) is 2.19. The maximum atomic E-state index is 10.8. The van der Waals surface area contributed by atoms with Gasteiger partial charge in [-0.05, 0) is 26.9 Å². The largest absolute Gasteiger partial charge is 0.306 e. The fraction of sp³-hybridized carbons (Fsp3) is 1.00. The molecule has 0 fully saturated rings. The summed E-state index contributed by atoms with van der Waals surface area (Å²) < 4.78 is 24.1. The molecule has 0 aliphatic carbocycles. The molecular formula is C9H22N2O2S. The van der Waals surface area contributed by atoms with Crippen molar-refractivity contribution in [3.05, 3.63) is 0 Å². The van der Waals surface area contributed by atoms with Crippen molar-refractivity contribution in [2.24, 2.45) is 0 Å². The zero-order valence-corrected chi connectivity index (χ0v) is 10.4. The van der Waals surface area contributed by atoms with Gasteiger partial charge in [-0.3, -0.25) is 0 Å². The molecule has 14 heavy (non-hydrogen) atoms. The standard InChI is InChI=1S/C9H22N2O2S/c1-5-6-9(11(2)3)7-8-10-14(4,12)13/h9-10H,5-8H2,1-4H3. The minimum Gasteiger partial charge on any atom is -0.306 e.